The van der Waals surface area contributed by atoms with E-state index >= 15 is 0 Å². The van der Waals surface area contributed by atoms with E-state index in [4.69, 9.17) is 15.2 Å². The van der Waals surface area contributed by atoms with Crippen molar-refractivity contribution in [2.75, 3.05) is 24.9 Å². The second-order valence-electron chi connectivity index (χ2n) is 4.68. The van der Waals surface area contributed by atoms with E-state index in [1.54, 1.807) is 25.2 Å². The zero-order valence-corrected chi connectivity index (χ0v) is 12.2. The highest BCUT2D eigenvalue weighted by Crippen LogP contribution is 2.33. The van der Waals surface area contributed by atoms with Gasteiger partial charge in [0, 0.05) is 19.3 Å². The number of rotatable bonds is 4. The Hall–Kier alpha value is -1.38. The highest BCUT2D eigenvalue weighted by atomic mass is 32.2. The van der Waals surface area contributed by atoms with Crippen LogP contribution in [-0.4, -0.2) is 50.8 Å². The van der Waals surface area contributed by atoms with E-state index in [0.717, 1.165) is 12.2 Å². The molecule has 0 amide bonds. The summed E-state index contributed by atoms with van der Waals surface area (Å²) in [5.74, 6) is 1.29. The summed E-state index contributed by atoms with van der Waals surface area (Å²) < 4.78 is 13.5. The van der Waals surface area contributed by atoms with Crippen molar-refractivity contribution in [1.29, 1.82) is 0 Å². The summed E-state index contributed by atoms with van der Waals surface area (Å²) in [6.07, 6.45) is 6.02. The largest absolute Gasteiger partial charge is 0.382 e. The zero-order chi connectivity index (χ0) is 14.1. The van der Waals surface area contributed by atoms with Gasteiger partial charge < -0.3 is 15.2 Å². The predicted molar refractivity (Wildman–Crippen MR) is 77.4 cm³/mol. The lowest BCUT2D eigenvalue weighted by atomic mass is 10.2. The van der Waals surface area contributed by atoms with Gasteiger partial charge in [-0.1, -0.05) is 0 Å². The van der Waals surface area contributed by atoms with Gasteiger partial charge in [0.25, 0.3) is 0 Å². The summed E-state index contributed by atoms with van der Waals surface area (Å²) >= 11 is 1.75. The van der Waals surface area contributed by atoms with E-state index in [1.807, 2.05) is 4.57 Å². The van der Waals surface area contributed by atoms with E-state index in [-0.39, 0.29) is 18.4 Å². The first-order valence-electron chi connectivity index (χ1n) is 6.34. The lowest BCUT2D eigenvalue weighted by molar-refractivity contribution is -0.0129. The van der Waals surface area contributed by atoms with Crippen LogP contribution in [0.5, 0.6) is 0 Å². The number of methoxy groups -OCH3 is 1. The molecule has 8 heteroatoms. The maximum absolute atomic E-state index is 6.07. The Morgan fingerprint density at radius 2 is 2.35 bits per heavy atom. The smallest absolute Gasteiger partial charge is 0.167 e. The molecule has 0 aromatic carbocycles. The molecule has 7 nitrogen and oxygen atoms in total. The number of anilines is 1. The van der Waals surface area contributed by atoms with Crippen LogP contribution in [0.1, 0.15) is 12.6 Å². The molecule has 1 aliphatic rings. The summed E-state index contributed by atoms with van der Waals surface area (Å²) in [4.78, 5) is 12.5. The van der Waals surface area contributed by atoms with Crippen molar-refractivity contribution >= 4 is 28.7 Å². The first-order valence-corrected chi connectivity index (χ1v) is 7.74. The van der Waals surface area contributed by atoms with Crippen LogP contribution in [-0.2, 0) is 9.47 Å². The number of thioether (sulfide) groups is 1. The Bertz CT molecular complexity index is 605. The number of imidazole rings is 1. The monoisotopic (exact) mass is 295 g/mol. The molecule has 20 heavy (non-hydrogen) atoms. The maximum Gasteiger partial charge on any atom is 0.167 e. The SMILES string of the molecule is COC1CC(n2cnc3c(N)ncnc32)OC1CSC. The molecule has 3 heterocycles. The minimum Gasteiger partial charge on any atom is -0.382 e. The molecular formula is C12H17N5O2S. The fourth-order valence-corrected chi connectivity index (χ4v) is 3.14. The number of nitrogens with two attached hydrogens (primary N) is 1. The highest BCUT2D eigenvalue weighted by Gasteiger charge is 2.36. The van der Waals surface area contributed by atoms with Crippen molar-refractivity contribution in [2.45, 2.75) is 24.9 Å². The van der Waals surface area contributed by atoms with Crippen LogP contribution in [0, 0.1) is 0 Å². The molecule has 2 N–H and O–H groups in total. The first kappa shape index (κ1) is 13.6. The minimum atomic E-state index is -0.128. The van der Waals surface area contributed by atoms with Crippen molar-refractivity contribution in [2.24, 2.45) is 0 Å². The van der Waals surface area contributed by atoms with Gasteiger partial charge in [-0.05, 0) is 6.26 Å². The molecule has 1 fully saturated rings. The van der Waals surface area contributed by atoms with Gasteiger partial charge in [0.1, 0.15) is 18.1 Å². The Morgan fingerprint density at radius 3 is 3.10 bits per heavy atom. The molecule has 2 aromatic rings. The normalized spacial score (nSPS) is 26.4. The van der Waals surface area contributed by atoms with E-state index in [9.17, 15) is 0 Å². The highest BCUT2D eigenvalue weighted by molar-refractivity contribution is 7.98. The van der Waals surface area contributed by atoms with E-state index < -0.39 is 0 Å². The van der Waals surface area contributed by atoms with Crippen LogP contribution in [0.15, 0.2) is 12.7 Å². The van der Waals surface area contributed by atoms with Gasteiger partial charge in [-0.3, -0.25) is 4.57 Å². The topological polar surface area (TPSA) is 88.1 Å². The molecule has 108 valence electrons. The number of aromatic nitrogens is 4. The predicted octanol–water partition coefficient (Wildman–Crippen LogP) is 1.07. The van der Waals surface area contributed by atoms with Gasteiger partial charge >= 0.3 is 0 Å². The van der Waals surface area contributed by atoms with Gasteiger partial charge in [-0.25, -0.2) is 15.0 Å². The number of ether oxygens (including phenoxy) is 2. The van der Waals surface area contributed by atoms with E-state index in [2.05, 4.69) is 21.2 Å². The van der Waals surface area contributed by atoms with Gasteiger partial charge in [0.2, 0.25) is 0 Å². The molecule has 2 aromatic heterocycles. The third-order valence-electron chi connectivity index (χ3n) is 3.51. The van der Waals surface area contributed by atoms with Crippen LogP contribution in [0.25, 0.3) is 11.2 Å². The van der Waals surface area contributed by atoms with E-state index in [0.29, 0.717) is 17.0 Å². The average molecular weight is 295 g/mol. The van der Waals surface area contributed by atoms with Crippen molar-refractivity contribution < 1.29 is 9.47 Å². The number of hydrogen-bond donors (Lipinski definition) is 1. The Kier molecular flexibility index (Phi) is 3.77. The third kappa shape index (κ3) is 2.23. The maximum atomic E-state index is 6.07. The number of fused-ring (bicyclic) bond motifs is 1. The lowest BCUT2D eigenvalue weighted by Gasteiger charge is -2.15. The Labute approximate surface area is 120 Å². The standard InChI is InChI=1S/C12H17N5O2S/c1-18-7-3-9(19-8(7)4-20-2)17-6-16-10-11(13)14-5-15-12(10)17/h5-9H,3-4H2,1-2H3,(H2,13,14,15). The summed E-state index contributed by atoms with van der Waals surface area (Å²) in [5.41, 5.74) is 7.11. The average Bonchev–Trinajstić information content (AvgIpc) is 3.03. The molecule has 0 spiro atoms. The minimum absolute atomic E-state index is 0.0802. The molecule has 3 rings (SSSR count). The third-order valence-corrected chi connectivity index (χ3v) is 4.17. The molecule has 0 aliphatic carbocycles. The summed E-state index contributed by atoms with van der Waals surface area (Å²) in [6, 6.07) is 0. The van der Waals surface area contributed by atoms with E-state index in [1.165, 1.54) is 6.33 Å². The summed E-state index contributed by atoms with van der Waals surface area (Å²) in [7, 11) is 1.72. The fraction of sp³-hybridized carbons (Fsp3) is 0.583. The first-order chi connectivity index (χ1) is 9.74. The molecule has 0 bridgehead atoms. The van der Waals surface area contributed by atoms with Crippen LogP contribution in [0.3, 0.4) is 0 Å². The Morgan fingerprint density at radius 1 is 1.50 bits per heavy atom. The second kappa shape index (κ2) is 5.55. The van der Waals surface area contributed by atoms with Gasteiger partial charge in [-0.2, -0.15) is 11.8 Å². The quantitative estimate of drug-likeness (QED) is 0.902. The van der Waals surface area contributed by atoms with Crippen molar-refractivity contribution in [3.8, 4) is 0 Å². The fourth-order valence-electron chi connectivity index (χ4n) is 2.51. The number of nitrogen functional groups attached to an aromatic ring is 1. The van der Waals surface area contributed by atoms with Crippen molar-refractivity contribution in [3.63, 3.8) is 0 Å². The second-order valence-corrected chi connectivity index (χ2v) is 5.59. The molecule has 1 aliphatic heterocycles. The lowest BCUT2D eigenvalue weighted by Crippen LogP contribution is -2.25. The molecule has 0 radical (unpaired) electrons. The van der Waals surface area contributed by atoms with Gasteiger partial charge in [0.05, 0.1) is 18.5 Å². The molecule has 3 unspecified atom stereocenters. The van der Waals surface area contributed by atoms with Crippen LogP contribution in [0.4, 0.5) is 5.82 Å². The molecule has 1 saturated heterocycles. The molecular weight excluding hydrogens is 278 g/mol. The van der Waals surface area contributed by atoms with Crippen molar-refractivity contribution in [1.82, 2.24) is 19.5 Å². The zero-order valence-electron chi connectivity index (χ0n) is 11.4. The van der Waals surface area contributed by atoms with Crippen LogP contribution >= 0.6 is 11.8 Å². The van der Waals surface area contributed by atoms with Gasteiger partial charge in [-0.15, -0.1) is 0 Å². The van der Waals surface area contributed by atoms with Gasteiger partial charge in [0.15, 0.2) is 11.5 Å². The summed E-state index contributed by atoms with van der Waals surface area (Å²) in [6.45, 7) is 0. The van der Waals surface area contributed by atoms with Crippen LogP contribution in [0.2, 0.25) is 0 Å². The number of hydrogen-bond acceptors (Lipinski definition) is 7. The Balaban J connectivity index is 1.90. The number of nitrogens with zero attached hydrogens (tertiary/aromatic N) is 4. The van der Waals surface area contributed by atoms with Crippen LogP contribution < -0.4 is 5.73 Å². The molecule has 0 saturated carbocycles. The molecule has 3 atom stereocenters. The summed E-state index contributed by atoms with van der Waals surface area (Å²) in [5, 5.41) is 0. The van der Waals surface area contributed by atoms with Crippen molar-refractivity contribution in [3.05, 3.63) is 12.7 Å².